The highest BCUT2D eigenvalue weighted by atomic mass is 35.5. The van der Waals surface area contributed by atoms with E-state index in [2.05, 4.69) is 17.3 Å². The van der Waals surface area contributed by atoms with Gasteiger partial charge in [-0.25, -0.2) is 4.98 Å². The molecule has 78 valence electrons. The molecule has 14 heavy (non-hydrogen) atoms. The summed E-state index contributed by atoms with van der Waals surface area (Å²) in [6.45, 7) is 2.35. The normalized spacial score (nSPS) is 33.1. The summed E-state index contributed by atoms with van der Waals surface area (Å²) in [6, 6.07) is 0. The van der Waals surface area contributed by atoms with Crippen LogP contribution >= 0.6 is 22.9 Å². The van der Waals surface area contributed by atoms with Crippen molar-refractivity contribution in [3.63, 3.8) is 0 Å². The number of hydrogen-bond acceptors (Lipinski definition) is 2. The van der Waals surface area contributed by atoms with Gasteiger partial charge in [0.2, 0.25) is 0 Å². The molecule has 1 aliphatic rings. The zero-order valence-electron chi connectivity index (χ0n) is 8.45. The Balaban J connectivity index is 1.95. The van der Waals surface area contributed by atoms with Gasteiger partial charge in [0, 0.05) is 23.4 Å². The Morgan fingerprint density at radius 3 is 3.14 bits per heavy atom. The van der Waals surface area contributed by atoms with Gasteiger partial charge in [-0.15, -0.1) is 22.9 Å². The molecule has 0 radical (unpaired) electrons. The maximum Gasteiger partial charge on any atom is 0.0927 e. The first kappa shape index (κ1) is 10.4. The number of rotatable bonds is 2. The van der Waals surface area contributed by atoms with Crippen molar-refractivity contribution in [2.24, 2.45) is 11.8 Å². The molecule has 0 aliphatic heterocycles. The molecule has 3 atom stereocenters. The van der Waals surface area contributed by atoms with Gasteiger partial charge in [-0.05, 0) is 31.1 Å². The molecule has 1 heterocycles. The van der Waals surface area contributed by atoms with Crippen LogP contribution in [0.25, 0.3) is 0 Å². The van der Waals surface area contributed by atoms with Crippen molar-refractivity contribution in [3.8, 4) is 0 Å². The van der Waals surface area contributed by atoms with Crippen LogP contribution in [0.2, 0.25) is 0 Å². The Kier molecular flexibility index (Phi) is 3.45. The first-order valence-corrected chi connectivity index (χ1v) is 6.59. The standard InChI is InChI=1S/C11H16ClNS/c1-8-2-3-10(12)6-9(8)7-11-13-4-5-14-11/h4-5,8-10H,2-3,6-7H2,1H3. The lowest BCUT2D eigenvalue weighted by atomic mass is 9.78. The Labute approximate surface area is 94.5 Å². The van der Waals surface area contributed by atoms with Gasteiger partial charge in [0.1, 0.15) is 0 Å². The summed E-state index contributed by atoms with van der Waals surface area (Å²) in [5.41, 5.74) is 0. The van der Waals surface area contributed by atoms with E-state index in [-0.39, 0.29) is 0 Å². The number of thiazole rings is 1. The molecule has 3 heteroatoms. The van der Waals surface area contributed by atoms with Crippen molar-refractivity contribution >= 4 is 22.9 Å². The summed E-state index contributed by atoms with van der Waals surface area (Å²) < 4.78 is 0. The summed E-state index contributed by atoms with van der Waals surface area (Å²) in [6.07, 6.45) is 6.66. The summed E-state index contributed by atoms with van der Waals surface area (Å²) in [5, 5.41) is 3.73. The van der Waals surface area contributed by atoms with E-state index >= 15 is 0 Å². The maximum atomic E-state index is 6.20. The Hall–Kier alpha value is -0.0800. The summed E-state index contributed by atoms with van der Waals surface area (Å²) >= 11 is 7.97. The molecule has 1 saturated carbocycles. The molecule has 3 unspecified atom stereocenters. The van der Waals surface area contributed by atoms with Gasteiger partial charge < -0.3 is 0 Å². The molecule has 0 bridgehead atoms. The van der Waals surface area contributed by atoms with Crippen LogP contribution in [-0.2, 0) is 6.42 Å². The Bertz CT molecular complexity index is 273. The summed E-state index contributed by atoms with van der Waals surface area (Å²) in [4.78, 5) is 4.35. The number of halogens is 1. The van der Waals surface area contributed by atoms with Gasteiger partial charge in [-0.3, -0.25) is 0 Å². The summed E-state index contributed by atoms with van der Waals surface area (Å²) in [7, 11) is 0. The molecular formula is C11H16ClNS. The predicted molar refractivity (Wildman–Crippen MR) is 62.0 cm³/mol. The molecule has 1 aromatic heterocycles. The van der Waals surface area contributed by atoms with E-state index in [1.165, 1.54) is 24.3 Å². The van der Waals surface area contributed by atoms with Gasteiger partial charge >= 0.3 is 0 Å². The quantitative estimate of drug-likeness (QED) is 0.705. The lowest BCUT2D eigenvalue weighted by Gasteiger charge is -2.31. The molecule has 1 nitrogen and oxygen atoms in total. The van der Waals surface area contributed by atoms with Crippen LogP contribution in [-0.4, -0.2) is 10.4 Å². The smallest absolute Gasteiger partial charge is 0.0927 e. The van der Waals surface area contributed by atoms with E-state index in [4.69, 9.17) is 11.6 Å². The van der Waals surface area contributed by atoms with Gasteiger partial charge in [-0.1, -0.05) is 6.92 Å². The number of aromatic nitrogens is 1. The van der Waals surface area contributed by atoms with Crippen LogP contribution in [0.5, 0.6) is 0 Å². The van der Waals surface area contributed by atoms with Crippen LogP contribution in [0.1, 0.15) is 31.2 Å². The van der Waals surface area contributed by atoms with E-state index < -0.39 is 0 Å². The van der Waals surface area contributed by atoms with Crippen LogP contribution in [0.3, 0.4) is 0 Å². The molecule has 0 amide bonds. The van der Waals surface area contributed by atoms with Gasteiger partial charge in [0.05, 0.1) is 5.01 Å². The lowest BCUT2D eigenvalue weighted by Crippen LogP contribution is -2.24. The second kappa shape index (κ2) is 4.63. The third-order valence-corrected chi connectivity index (χ3v) is 4.42. The van der Waals surface area contributed by atoms with Crippen molar-refractivity contribution in [1.29, 1.82) is 0 Å². The van der Waals surface area contributed by atoms with Crippen molar-refractivity contribution in [2.45, 2.75) is 38.0 Å². The molecule has 1 aromatic rings. The fraction of sp³-hybridized carbons (Fsp3) is 0.727. The highest BCUT2D eigenvalue weighted by Crippen LogP contribution is 2.34. The largest absolute Gasteiger partial charge is 0.250 e. The van der Waals surface area contributed by atoms with Gasteiger partial charge in [0.25, 0.3) is 0 Å². The van der Waals surface area contributed by atoms with Crippen LogP contribution < -0.4 is 0 Å². The summed E-state index contributed by atoms with van der Waals surface area (Å²) in [5.74, 6) is 1.56. The average Bonchev–Trinajstić information content (AvgIpc) is 2.64. The fourth-order valence-electron chi connectivity index (χ4n) is 2.22. The predicted octanol–water partition coefficient (Wildman–Crippen LogP) is 3.73. The first-order valence-electron chi connectivity index (χ1n) is 5.28. The monoisotopic (exact) mass is 229 g/mol. The van der Waals surface area contributed by atoms with Crippen molar-refractivity contribution in [2.75, 3.05) is 0 Å². The third-order valence-electron chi connectivity index (χ3n) is 3.22. The van der Waals surface area contributed by atoms with Crippen LogP contribution in [0.4, 0.5) is 0 Å². The van der Waals surface area contributed by atoms with Crippen molar-refractivity contribution < 1.29 is 0 Å². The zero-order valence-corrected chi connectivity index (χ0v) is 10.0. The van der Waals surface area contributed by atoms with E-state index in [0.717, 1.165) is 18.3 Å². The number of hydrogen-bond donors (Lipinski definition) is 0. The molecule has 0 aromatic carbocycles. The second-order valence-corrected chi connectivity index (χ2v) is 5.87. The molecule has 0 N–H and O–H groups in total. The molecule has 2 rings (SSSR count). The first-order chi connectivity index (χ1) is 6.75. The average molecular weight is 230 g/mol. The van der Waals surface area contributed by atoms with Crippen LogP contribution in [0.15, 0.2) is 11.6 Å². The van der Waals surface area contributed by atoms with Gasteiger partial charge in [-0.2, -0.15) is 0 Å². The zero-order chi connectivity index (χ0) is 9.97. The fourth-order valence-corrected chi connectivity index (χ4v) is 3.29. The third kappa shape index (κ3) is 2.48. The highest BCUT2D eigenvalue weighted by Gasteiger charge is 2.27. The minimum absolute atomic E-state index is 0.399. The molecule has 1 aliphatic carbocycles. The van der Waals surface area contributed by atoms with E-state index in [0.29, 0.717) is 5.38 Å². The molecule has 1 fully saturated rings. The molecule has 0 spiro atoms. The second-order valence-electron chi connectivity index (χ2n) is 4.28. The van der Waals surface area contributed by atoms with Crippen molar-refractivity contribution in [3.05, 3.63) is 16.6 Å². The lowest BCUT2D eigenvalue weighted by molar-refractivity contribution is 0.258. The molecular weight excluding hydrogens is 214 g/mol. The molecule has 0 saturated heterocycles. The number of nitrogens with zero attached hydrogens (tertiary/aromatic N) is 1. The van der Waals surface area contributed by atoms with E-state index in [1.807, 2.05) is 6.20 Å². The SMILES string of the molecule is CC1CCC(Cl)CC1Cc1nccs1. The van der Waals surface area contributed by atoms with Gasteiger partial charge in [0.15, 0.2) is 0 Å². The minimum Gasteiger partial charge on any atom is -0.250 e. The Morgan fingerprint density at radius 1 is 1.57 bits per heavy atom. The van der Waals surface area contributed by atoms with E-state index in [1.54, 1.807) is 11.3 Å². The van der Waals surface area contributed by atoms with Crippen molar-refractivity contribution in [1.82, 2.24) is 4.98 Å². The minimum atomic E-state index is 0.399. The van der Waals surface area contributed by atoms with E-state index in [9.17, 15) is 0 Å². The Morgan fingerprint density at radius 2 is 2.43 bits per heavy atom. The topological polar surface area (TPSA) is 12.9 Å². The number of alkyl halides is 1. The van der Waals surface area contributed by atoms with Crippen LogP contribution in [0, 0.1) is 11.8 Å². The highest BCUT2D eigenvalue weighted by molar-refractivity contribution is 7.09. The maximum absolute atomic E-state index is 6.20.